The molecule has 1 fully saturated rings. The van der Waals surface area contributed by atoms with Gasteiger partial charge in [-0.2, -0.15) is 4.41 Å². The third-order valence-corrected chi connectivity index (χ3v) is 5.79. The Hall–Kier alpha value is -1.83. The summed E-state index contributed by atoms with van der Waals surface area (Å²) in [5.74, 6) is -0.612. The second-order valence-corrected chi connectivity index (χ2v) is 8.59. The number of amides is 2. The van der Waals surface area contributed by atoms with E-state index in [4.69, 9.17) is 0 Å². The first-order chi connectivity index (χ1) is 13.5. The smallest absolute Gasteiger partial charge is 0.247 e. The minimum atomic E-state index is -0.637. The third-order valence-electron chi connectivity index (χ3n) is 4.73. The van der Waals surface area contributed by atoms with E-state index >= 15 is 0 Å². The van der Waals surface area contributed by atoms with Gasteiger partial charge in [-0.15, -0.1) is 0 Å². The van der Waals surface area contributed by atoms with Gasteiger partial charge in [-0.3, -0.25) is 20.2 Å². The third kappa shape index (κ3) is 7.30. The predicted octanol–water partition coefficient (Wildman–Crippen LogP) is 3.65. The van der Waals surface area contributed by atoms with Crippen molar-refractivity contribution in [2.75, 3.05) is 12.3 Å². The van der Waals surface area contributed by atoms with E-state index in [2.05, 4.69) is 5.43 Å². The molecule has 6 nitrogen and oxygen atoms in total. The van der Waals surface area contributed by atoms with Gasteiger partial charge in [0.05, 0.1) is 11.8 Å². The van der Waals surface area contributed by atoms with Crippen molar-refractivity contribution in [2.24, 2.45) is 17.8 Å². The van der Waals surface area contributed by atoms with Crippen LogP contribution in [0.15, 0.2) is 36.4 Å². The first kappa shape index (κ1) is 22.5. The molecule has 2 amide bonds. The normalized spacial score (nSPS) is 17.4. The van der Waals surface area contributed by atoms with Gasteiger partial charge in [-0.1, -0.05) is 68.3 Å². The van der Waals surface area contributed by atoms with Crippen LogP contribution in [-0.2, 0) is 9.59 Å². The average molecular weight is 406 g/mol. The Bertz CT molecular complexity index is 646. The van der Waals surface area contributed by atoms with Crippen molar-refractivity contribution in [2.45, 2.75) is 39.5 Å². The van der Waals surface area contributed by atoms with Gasteiger partial charge >= 0.3 is 0 Å². The SMILES string of the molecule is CC(C)C[C@@H](C(=O)NN1CCCCS1)C(C/C=C/c1ccccc1)C(=O)NO. The first-order valence-corrected chi connectivity index (χ1v) is 10.8. The van der Waals surface area contributed by atoms with Crippen molar-refractivity contribution in [3.63, 3.8) is 0 Å². The maximum Gasteiger partial charge on any atom is 0.247 e. The monoisotopic (exact) mass is 405 g/mol. The van der Waals surface area contributed by atoms with E-state index in [-0.39, 0.29) is 11.8 Å². The van der Waals surface area contributed by atoms with Crippen LogP contribution in [0.5, 0.6) is 0 Å². The maximum absolute atomic E-state index is 13.0. The Labute approximate surface area is 171 Å². The van der Waals surface area contributed by atoms with E-state index < -0.39 is 17.7 Å². The Morgan fingerprint density at radius 3 is 2.54 bits per heavy atom. The molecule has 154 valence electrons. The number of hydroxylamine groups is 1. The van der Waals surface area contributed by atoms with Crippen LogP contribution in [0.1, 0.15) is 45.1 Å². The van der Waals surface area contributed by atoms with Gasteiger partial charge in [0.25, 0.3) is 0 Å². The number of carbonyl (C=O) groups is 2. The van der Waals surface area contributed by atoms with Crippen LogP contribution >= 0.6 is 11.9 Å². The molecule has 1 aromatic carbocycles. The molecule has 1 saturated heterocycles. The van der Waals surface area contributed by atoms with E-state index in [1.54, 1.807) is 17.4 Å². The zero-order valence-electron chi connectivity index (χ0n) is 16.6. The topological polar surface area (TPSA) is 81.7 Å². The van der Waals surface area contributed by atoms with Gasteiger partial charge in [0.2, 0.25) is 11.8 Å². The molecule has 0 aliphatic carbocycles. The summed E-state index contributed by atoms with van der Waals surface area (Å²) >= 11 is 1.61. The number of hydrogen-bond donors (Lipinski definition) is 3. The molecule has 0 radical (unpaired) electrons. The lowest BCUT2D eigenvalue weighted by Crippen LogP contribution is -2.47. The predicted molar refractivity (Wildman–Crippen MR) is 113 cm³/mol. The lowest BCUT2D eigenvalue weighted by atomic mass is 9.82. The standard InChI is InChI=1S/C21H31N3O3S/c1-16(2)15-19(20(25)22-24-13-6-7-14-28-24)18(21(26)23-27)12-8-11-17-9-4-3-5-10-17/h3-5,8-11,16,18-19,27H,6-7,12-15H2,1-2H3,(H,22,25)(H,23,26)/b11-8+/t18?,19-/m1/s1. The lowest BCUT2D eigenvalue weighted by Gasteiger charge is -2.30. The van der Waals surface area contributed by atoms with Gasteiger partial charge in [0.15, 0.2) is 0 Å². The Morgan fingerprint density at radius 1 is 1.18 bits per heavy atom. The largest absolute Gasteiger partial charge is 0.289 e. The molecule has 1 aliphatic heterocycles. The summed E-state index contributed by atoms with van der Waals surface area (Å²) in [4.78, 5) is 25.4. The summed E-state index contributed by atoms with van der Waals surface area (Å²) in [7, 11) is 0. The average Bonchev–Trinajstić information content (AvgIpc) is 2.70. The number of rotatable bonds is 9. The number of nitrogens with one attached hydrogen (secondary N) is 2. The summed E-state index contributed by atoms with van der Waals surface area (Å²) in [6.45, 7) is 4.86. The lowest BCUT2D eigenvalue weighted by molar-refractivity contribution is -0.141. The fourth-order valence-corrected chi connectivity index (χ4v) is 4.27. The van der Waals surface area contributed by atoms with Crippen molar-refractivity contribution in [3.05, 3.63) is 42.0 Å². The number of allylic oxidation sites excluding steroid dienone is 1. The Morgan fingerprint density at radius 2 is 1.93 bits per heavy atom. The molecular weight excluding hydrogens is 374 g/mol. The van der Waals surface area contributed by atoms with Crippen LogP contribution in [-0.4, -0.2) is 33.7 Å². The summed E-state index contributed by atoms with van der Waals surface area (Å²) in [6.07, 6.45) is 6.96. The van der Waals surface area contributed by atoms with Crippen LogP contribution in [0.2, 0.25) is 0 Å². The van der Waals surface area contributed by atoms with Gasteiger partial charge in [-0.25, -0.2) is 5.48 Å². The van der Waals surface area contributed by atoms with Crippen LogP contribution in [0.4, 0.5) is 0 Å². The quantitative estimate of drug-likeness (QED) is 0.332. The molecule has 7 heteroatoms. The van der Waals surface area contributed by atoms with Crippen molar-refractivity contribution in [3.8, 4) is 0 Å². The van der Waals surface area contributed by atoms with E-state index in [0.717, 1.165) is 30.7 Å². The molecule has 1 aliphatic rings. The van der Waals surface area contributed by atoms with E-state index in [9.17, 15) is 14.8 Å². The zero-order chi connectivity index (χ0) is 20.4. The zero-order valence-corrected chi connectivity index (χ0v) is 17.5. The number of hydrogen-bond acceptors (Lipinski definition) is 5. The first-order valence-electron chi connectivity index (χ1n) is 9.87. The second kappa shape index (κ2) is 11.9. The van der Waals surface area contributed by atoms with Crippen LogP contribution in [0.3, 0.4) is 0 Å². The van der Waals surface area contributed by atoms with Crippen molar-refractivity contribution in [1.29, 1.82) is 0 Å². The number of carbonyl (C=O) groups excluding carboxylic acids is 2. The molecule has 2 atom stereocenters. The molecule has 3 N–H and O–H groups in total. The summed E-state index contributed by atoms with van der Waals surface area (Å²) in [6, 6.07) is 9.79. The van der Waals surface area contributed by atoms with E-state index in [1.165, 1.54) is 0 Å². The van der Waals surface area contributed by atoms with Crippen LogP contribution < -0.4 is 10.9 Å². The van der Waals surface area contributed by atoms with Gasteiger partial charge in [0.1, 0.15) is 0 Å². The highest BCUT2D eigenvalue weighted by Crippen LogP contribution is 2.26. The number of nitrogens with zero attached hydrogens (tertiary/aromatic N) is 1. The molecule has 0 spiro atoms. The summed E-state index contributed by atoms with van der Waals surface area (Å²) in [5.41, 5.74) is 5.75. The highest BCUT2D eigenvalue weighted by Gasteiger charge is 2.34. The minimum Gasteiger partial charge on any atom is -0.289 e. The molecular formula is C21H31N3O3S. The summed E-state index contributed by atoms with van der Waals surface area (Å²) < 4.78 is 1.87. The van der Waals surface area contributed by atoms with Crippen molar-refractivity contribution >= 4 is 29.8 Å². The minimum absolute atomic E-state index is 0.162. The van der Waals surface area contributed by atoms with Crippen molar-refractivity contribution < 1.29 is 14.8 Å². The Kier molecular flexibility index (Phi) is 9.54. The molecule has 1 heterocycles. The maximum atomic E-state index is 13.0. The second-order valence-electron chi connectivity index (χ2n) is 7.49. The van der Waals surface area contributed by atoms with Crippen molar-refractivity contribution in [1.82, 2.24) is 15.3 Å². The highest BCUT2D eigenvalue weighted by molar-refractivity contribution is 7.97. The Balaban J connectivity index is 2.12. The molecule has 0 saturated carbocycles. The van der Waals surface area contributed by atoms with Crippen LogP contribution in [0.25, 0.3) is 6.08 Å². The molecule has 1 unspecified atom stereocenters. The molecule has 28 heavy (non-hydrogen) atoms. The fraction of sp³-hybridized carbons (Fsp3) is 0.524. The molecule has 0 bridgehead atoms. The van der Waals surface area contributed by atoms with E-state index in [0.29, 0.717) is 12.8 Å². The number of benzene rings is 1. The van der Waals surface area contributed by atoms with Gasteiger partial charge < -0.3 is 0 Å². The molecule has 2 rings (SSSR count). The van der Waals surface area contributed by atoms with E-state index in [1.807, 2.05) is 60.7 Å². The molecule has 0 aromatic heterocycles. The summed E-state index contributed by atoms with van der Waals surface area (Å²) in [5, 5.41) is 9.24. The highest BCUT2D eigenvalue weighted by atomic mass is 32.2. The van der Waals surface area contributed by atoms with Gasteiger partial charge in [-0.05, 0) is 37.2 Å². The number of hydrazine groups is 1. The van der Waals surface area contributed by atoms with Crippen LogP contribution in [0, 0.1) is 17.8 Å². The fourth-order valence-electron chi connectivity index (χ4n) is 3.30. The molecule has 1 aromatic rings. The van der Waals surface area contributed by atoms with Gasteiger partial charge in [0, 0.05) is 12.3 Å².